The number of aromatic nitrogens is 2. The second-order valence-corrected chi connectivity index (χ2v) is 3.41. The lowest BCUT2D eigenvalue weighted by molar-refractivity contribution is 0.868. The Bertz CT molecular complexity index is 460. The number of hydrogen-bond donors (Lipinski definition) is 0. The molecular formula is C11H13N3. The minimum atomic E-state index is 0.739. The van der Waals surface area contributed by atoms with Crippen molar-refractivity contribution in [3.8, 4) is 0 Å². The fourth-order valence-electron chi connectivity index (χ4n) is 1.53. The molecule has 0 aromatic carbocycles. The Labute approximate surface area is 82.9 Å². The maximum absolute atomic E-state index is 4.32. The van der Waals surface area contributed by atoms with E-state index >= 15 is 0 Å². The summed E-state index contributed by atoms with van der Waals surface area (Å²) in [7, 11) is 0. The van der Waals surface area contributed by atoms with Gasteiger partial charge in [0.25, 0.3) is 0 Å². The summed E-state index contributed by atoms with van der Waals surface area (Å²) >= 11 is 0. The quantitative estimate of drug-likeness (QED) is 0.607. The van der Waals surface area contributed by atoms with Crippen LogP contribution in [0.4, 0.5) is 0 Å². The monoisotopic (exact) mass is 187 g/mol. The van der Waals surface area contributed by atoms with Crippen molar-refractivity contribution in [1.82, 2.24) is 9.97 Å². The van der Waals surface area contributed by atoms with E-state index in [0.717, 1.165) is 30.1 Å². The van der Waals surface area contributed by atoms with Gasteiger partial charge in [0.2, 0.25) is 0 Å². The molecule has 0 N–H and O–H groups in total. The van der Waals surface area contributed by atoms with E-state index < -0.39 is 0 Å². The van der Waals surface area contributed by atoms with Crippen LogP contribution in [0.15, 0.2) is 29.7 Å². The van der Waals surface area contributed by atoms with E-state index in [2.05, 4.69) is 28.0 Å². The summed E-state index contributed by atoms with van der Waals surface area (Å²) in [5.74, 6) is 0. The molecule has 2 heterocycles. The summed E-state index contributed by atoms with van der Waals surface area (Å²) in [6.07, 6.45) is 10.6. The largest absolute Gasteiger partial charge is 0.251 e. The van der Waals surface area contributed by atoms with Gasteiger partial charge in [-0.2, -0.15) is 0 Å². The molecule has 0 spiro atoms. The van der Waals surface area contributed by atoms with E-state index in [9.17, 15) is 0 Å². The summed E-state index contributed by atoms with van der Waals surface area (Å²) in [5, 5.41) is 0.944. The van der Waals surface area contributed by atoms with E-state index in [1.165, 1.54) is 5.57 Å². The molecule has 1 aliphatic heterocycles. The Morgan fingerprint density at radius 2 is 2.07 bits per heavy atom. The van der Waals surface area contributed by atoms with Gasteiger partial charge in [-0.25, -0.2) is 9.98 Å². The third-order valence-electron chi connectivity index (χ3n) is 2.31. The average Bonchev–Trinajstić information content (AvgIpc) is 2.30. The Hall–Kier alpha value is -1.51. The average molecular weight is 187 g/mol. The van der Waals surface area contributed by atoms with Crippen LogP contribution in [0.2, 0.25) is 0 Å². The first-order valence-electron chi connectivity index (χ1n) is 4.87. The van der Waals surface area contributed by atoms with Crippen molar-refractivity contribution in [3.05, 3.63) is 35.5 Å². The van der Waals surface area contributed by atoms with Crippen molar-refractivity contribution in [2.24, 2.45) is 4.99 Å². The molecule has 0 bridgehead atoms. The summed E-state index contributed by atoms with van der Waals surface area (Å²) in [6.45, 7) is 2.11. The topological polar surface area (TPSA) is 38.1 Å². The van der Waals surface area contributed by atoms with Gasteiger partial charge in [-0.15, -0.1) is 0 Å². The van der Waals surface area contributed by atoms with Crippen LogP contribution >= 0.6 is 0 Å². The van der Waals surface area contributed by atoms with E-state index in [4.69, 9.17) is 0 Å². The molecule has 0 aliphatic carbocycles. The van der Waals surface area contributed by atoms with Crippen LogP contribution < -0.4 is 10.8 Å². The van der Waals surface area contributed by atoms with Crippen LogP contribution in [0.1, 0.15) is 26.2 Å². The maximum atomic E-state index is 4.32. The van der Waals surface area contributed by atoms with Gasteiger partial charge in [0.15, 0.2) is 5.49 Å². The zero-order valence-electron chi connectivity index (χ0n) is 8.27. The zero-order valence-corrected chi connectivity index (χ0v) is 8.27. The summed E-state index contributed by atoms with van der Waals surface area (Å²) < 4.78 is 0. The van der Waals surface area contributed by atoms with E-state index in [1.54, 1.807) is 12.4 Å². The van der Waals surface area contributed by atoms with Crippen LogP contribution in [0.25, 0.3) is 5.57 Å². The van der Waals surface area contributed by atoms with E-state index in [-0.39, 0.29) is 0 Å². The minimum absolute atomic E-state index is 0.739. The first kappa shape index (κ1) is 9.06. The third-order valence-corrected chi connectivity index (χ3v) is 2.31. The molecule has 0 atom stereocenters. The van der Waals surface area contributed by atoms with Gasteiger partial charge in [0, 0.05) is 18.6 Å². The fourth-order valence-corrected chi connectivity index (χ4v) is 1.53. The maximum Gasteiger partial charge on any atom is 0.178 e. The molecule has 0 saturated carbocycles. The zero-order chi connectivity index (χ0) is 9.80. The van der Waals surface area contributed by atoms with Crippen molar-refractivity contribution in [1.29, 1.82) is 0 Å². The molecule has 1 aromatic rings. The highest BCUT2D eigenvalue weighted by atomic mass is 14.9. The summed E-state index contributed by atoms with van der Waals surface area (Å²) in [5.41, 5.74) is 2.02. The Balaban J connectivity index is 2.71. The van der Waals surface area contributed by atoms with Gasteiger partial charge in [-0.05, 0) is 31.8 Å². The van der Waals surface area contributed by atoms with Crippen LogP contribution in [-0.2, 0) is 0 Å². The Morgan fingerprint density at radius 3 is 3.00 bits per heavy atom. The SMILES string of the molecule is C\C1=c2/nccn/c2=N/C=C\CCC1. The van der Waals surface area contributed by atoms with Crippen LogP contribution in [0, 0.1) is 0 Å². The predicted molar refractivity (Wildman–Crippen MR) is 54.9 cm³/mol. The molecule has 0 unspecified atom stereocenters. The Kier molecular flexibility index (Phi) is 2.68. The van der Waals surface area contributed by atoms with Crippen molar-refractivity contribution >= 4 is 5.57 Å². The molecule has 0 amide bonds. The van der Waals surface area contributed by atoms with E-state index in [0.29, 0.717) is 0 Å². The van der Waals surface area contributed by atoms with Crippen molar-refractivity contribution < 1.29 is 0 Å². The third kappa shape index (κ3) is 1.87. The minimum Gasteiger partial charge on any atom is -0.251 e. The second-order valence-electron chi connectivity index (χ2n) is 3.41. The first-order chi connectivity index (χ1) is 6.88. The van der Waals surface area contributed by atoms with Crippen molar-refractivity contribution in [2.45, 2.75) is 26.2 Å². The lowest BCUT2D eigenvalue weighted by Gasteiger charge is -1.97. The van der Waals surface area contributed by atoms with Gasteiger partial charge in [-0.1, -0.05) is 6.08 Å². The summed E-state index contributed by atoms with van der Waals surface area (Å²) in [6, 6.07) is 0. The predicted octanol–water partition coefficient (Wildman–Crippen LogP) is 0.964. The molecular weight excluding hydrogens is 174 g/mol. The molecule has 3 nitrogen and oxygen atoms in total. The van der Waals surface area contributed by atoms with Gasteiger partial charge in [0.05, 0.1) is 0 Å². The molecule has 3 heteroatoms. The smallest absolute Gasteiger partial charge is 0.178 e. The van der Waals surface area contributed by atoms with Crippen LogP contribution in [0.5, 0.6) is 0 Å². The fraction of sp³-hybridized carbons (Fsp3) is 0.364. The van der Waals surface area contributed by atoms with E-state index in [1.807, 2.05) is 6.20 Å². The molecule has 0 fully saturated rings. The molecule has 0 saturated heterocycles. The highest BCUT2D eigenvalue weighted by Gasteiger charge is 1.97. The van der Waals surface area contributed by atoms with Gasteiger partial charge < -0.3 is 0 Å². The number of fused-ring (bicyclic) bond motifs is 1. The van der Waals surface area contributed by atoms with Gasteiger partial charge >= 0.3 is 0 Å². The molecule has 72 valence electrons. The second kappa shape index (κ2) is 4.13. The van der Waals surface area contributed by atoms with Crippen LogP contribution in [0.3, 0.4) is 0 Å². The number of hydrogen-bond acceptors (Lipinski definition) is 3. The van der Waals surface area contributed by atoms with Crippen molar-refractivity contribution in [2.75, 3.05) is 0 Å². The number of nitrogens with zero attached hydrogens (tertiary/aromatic N) is 3. The number of allylic oxidation sites excluding steroid dienone is 1. The standard InChI is InChI=1S/C11H13N3/c1-9-5-3-2-4-6-13-11-10(9)12-7-8-14-11/h4,6-8H,2-3,5H2,1H3/b6-4-,10-9+,13-11+. The normalized spacial score (nSPS) is 24.8. The molecule has 14 heavy (non-hydrogen) atoms. The highest BCUT2D eigenvalue weighted by Crippen LogP contribution is 2.06. The Morgan fingerprint density at radius 1 is 1.21 bits per heavy atom. The van der Waals surface area contributed by atoms with Gasteiger partial charge in [-0.3, -0.25) is 4.98 Å². The van der Waals surface area contributed by atoms with Crippen LogP contribution in [-0.4, -0.2) is 9.97 Å². The summed E-state index contributed by atoms with van der Waals surface area (Å²) in [4.78, 5) is 12.8. The molecule has 1 aromatic heterocycles. The lowest BCUT2D eigenvalue weighted by Crippen LogP contribution is -2.32. The van der Waals surface area contributed by atoms with Crippen molar-refractivity contribution in [3.63, 3.8) is 0 Å². The first-order valence-corrected chi connectivity index (χ1v) is 4.87. The van der Waals surface area contributed by atoms with Gasteiger partial charge in [0.1, 0.15) is 5.35 Å². The molecule has 0 radical (unpaired) electrons. The highest BCUT2D eigenvalue weighted by molar-refractivity contribution is 5.38. The number of rotatable bonds is 0. The lowest BCUT2D eigenvalue weighted by atomic mass is 10.1. The molecule has 2 rings (SSSR count). The molecule has 1 aliphatic rings.